The first-order chi connectivity index (χ1) is 15.4. The summed E-state index contributed by atoms with van der Waals surface area (Å²) in [5, 5.41) is 10.6. The van der Waals surface area contributed by atoms with Crippen molar-refractivity contribution in [3.63, 3.8) is 0 Å². The average Bonchev–Trinajstić information content (AvgIpc) is 3.05. The molecule has 168 valence electrons. The molecule has 0 amide bonds. The van der Waals surface area contributed by atoms with Crippen LogP contribution in [0.15, 0.2) is 34.5 Å². The quantitative estimate of drug-likeness (QED) is 0.591. The van der Waals surface area contributed by atoms with E-state index in [1.54, 1.807) is 18.2 Å². The van der Waals surface area contributed by atoms with Gasteiger partial charge in [0, 0.05) is 35.2 Å². The third-order valence-corrected chi connectivity index (χ3v) is 6.69. The molecule has 2 atom stereocenters. The van der Waals surface area contributed by atoms with Crippen molar-refractivity contribution >= 4 is 27.8 Å². The summed E-state index contributed by atoms with van der Waals surface area (Å²) in [6, 6.07) is 7.07. The molecule has 2 aromatic rings. The van der Waals surface area contributed by atoms with Crippen molar-refractivity contribution in [2.24, 2.45) is 11.8 Å². The SMILES string of the molecule is C[C@@H]1C[C@H](C)CN(Cc2c(O)ccc3c2OC(=Cc2cc(Br)cc4c2OCOC4)C3=O)C1. The van der Waals surface area contributed by atoms with E-state index in [1.165, 1.54) is 6.42 Å². The van der Waals surface area contributed by atoms with Crippen molar-refractivity contribution in [1.29, 1.82) is 0 Å². The Morgan fingerprint density at radius 3 is 2.75 bits per heavy atom. The number of hydrogen-bond donors (Lipinski definition) is 1. The summed E-state index contributed by atoms with van der Waals surface area (Å²) in [6.45, 7) is 7.61. The largest absolute Gasteiger partial charge is 0.507 e. The number of likely N-dealkylation sites (tertiary alicyclic amines) is 1. The number of rotatable bonds is 3. The standard InChI is InChI=1S/C25H26BrNO5/c1-14-5-15(2)10-27(9-14)11-20-21(28)4-3-19-23(29)22(32-25(19)20)8-16-6-18(26)7-17-12-30-13-31-24(16)17/h3-4,6-8,14-15,28H,5,9-13H2,1-2H3/t14-,15+. The molecule has 0 unspecified atom stereocenters. The van der Waals surface area contributed by atoms with E-state index in [1.807, 2.05) is 12.1 Å². The lowest BCUT2D eigenvalue weighted by atomic mass is 9.91. The summed E-state index contributed by atoms with van der Waals surface area (Å²) in [4.78, 5) is 15.5. The Bertz CT molecular complexity index is 1100. The van der Waals surface area contributed by atoms with E-state index in [9.17, 15) is 9.90 Å². The van der Waals surface area contributed by atoms with Gasteiger partial charge in [0.05, 0.1) is 17.7 Å². The molecule has 6 nitrogen and oxygen atoms in total. The van der Waals surface area contributed by atoms with Gasteiger partial charge in [0.1, 0.15) is 17.2 Å². The molecule has 3 aliphatic rings. The van der Waals surface area contributed by atoms with Crippen LogP contribution in [0.3, 0.4) is 0 Å². The van der Waals surface area contributed by atoms with Gasteiger partial charge in [-0.2, -0.15) is 0 Å². The van der Waals surface area contributed by atoms with Crippen molar-refractivity contribution in [2.75, 3.05) is 19.9 Å². The summed E-state index contributed by atoms with van der Waals surface area (Å²) in [7, 11) is 0. The van der Waals surface area contributed by atoms with E-state index < -0.39 is 0 Å². The first-order valence-corrected chi connectivity index (χ1v) is 11.7. The number of hydrogen-bond acceptors (Lipinski definition) is 6. The Labute approximate surface area is 195 Å². The van der Waals surface area contributed by atoms with Crippen molar-refractivity contribution in [1.82, 2.24) is 4.90 Å². The number of fused-ring (bicyclic) bond motifs is 2. The molecule has 7 heteroatoms. The number of halogens is 1. The lowest BCUT2D eigenvalue weighted by Gasteiger charge is -2.35. The number of Topliss-reactive ketones (excluding diaryl/α,β-unsaturated/α-hetero) is 1. The van der Waals surface area contributed by atoms with Crippen LogP contribution < -0.4 is 9.47 Å². The molecule has 5 rings (SSSR count). The highest BCUT2D eigenvalue weighted by molar-refractivity contribution is 9.10. The average molecular weight is 500 g/mol. The van der Waals surface area contributed by atoms with Crippen LogP contribution in [0.25, 0.3) is 6.08 Å². The molecule has 0 aliphatic carbocycles. The Hall–Kier alpha value is -2.35. The van der Waals surface area contributed by atoms with Gasteiger partial charge in [-0.1, -0.05) is 29.8 Å². The number of aromatic hydroxyl groups is 1. The second-order valence-corrected chi connectivity index (χ2v) is 10.0. The van der Waals surface area contributed by atoms with Crippen LogP contribution in [-0.2, 0) is 17.9 Å². The molecule has 3 heterocycles. The van der Waals surface area contributed by atoms with Gasteiger partial charge in [-0.3, -0.25) is 9.69 Å². The Kier molecular flexibility index (Phi) is 5.73. The second kappa shape index (κ2) is 8.54. The molecule has 0 bridgehead atoms. The fraction of sp³-hybridized carbons (Fsp3) is 0.400. The molecule has 2 aromatic carbocycles. The number of ether oxygens (including phenoxy) is 3. The number of phenols is 1. The highest BCUT2D eigenvalue weighted by Crippen LogP contribution is 2.42. The maximum atomic E-state index is 13.1. The minimum absolute atomic E-state index is 0.156. The van der Waals surface area contributed by atoms with Crippen molar-refractivity contribution in [3.05, 3.63) is 56.8 Å². The number of phenolic OH excluding ortho intramolecular Hbond substituents is 1. The maximum Gasteiger partial charge on any atom is 0.231 e. The van der Waals surface area contributed by atoms with Gasteiger partial charge < -0.3 is 19.3 Å². The predicted molar refractivity (Wildman–Crippen MR) is 124 cm³/mol. The molecular formula is C25H26BrNO5. The van der Waals surface area contributed by atoms with Crippen LogP contribution in [0.4, 0.5) is 0 Å². The third kappa shape index (κ3) is 4.05. The molecule has 0 saturated carbocycles. The van der Waals surface area contributed by atoms with E-state index in [4.69, 9.17) is 14.2 Å². The van der Waals surface area contributed by atoms with Crippen molar-refractivity contribution in [3.8, 4) is 17.2 Å². The van der Waals surface area contributed by atoms with Crippen LogP contribution in [-0.4, -0.2) is 35.7 Å². The number of nitrogens with zero attached hydrogens (tertiary/aromatic N) is 1. The molecule has 1 saturated heterocycles. The van der Waals surface area contributed by atoms with Gasteiger partial charge >= 0.3 is 0 Å². The van der Waals surface area contributed by atoms with E-state index in [-0.39, 0.29) is 24.1 Å². The van der Waals surface area contributed by atoms with Crippen LogP contribution in [0.1, 0.15) is 47.3 Å². The fourth-order valence-corrected chi connectivity index (χ4v) is 5.57. The lowest BCUT2D eigenvalue weighted by Crippen LogP contribution is -2.38. The molecule has 0 radical (unpaired) electrons. The van der Waals surface area contributed by atoms with Gasteiger partial charge in [0.15, 0.2) is 12.6 Å². The summed E-state index contributed by atoms with van der Waals surface area (Å²) in [5.74, 6) is 2.54. The molecule has 32 heavy (non-hydrogen) atoms. The van der Waals surface area contributed by atoms with Gasteiger partial charge in [-0.15, -0.1) is 0 Å². The molecule has 0 spiro atoms. The number of allylic oxidation sites excluding steroid dienone is 1. The highest BCUT2D eigenvalue weighted by atomic mass is 79.9. The third-order valence-electron chi connectivity index (χ3n) is 6.23. The number of ketones is 1. The Morgan fingerprint density at radius 1 is 1.19 bits per heavy atom. The van der Waals surface area contributed by atoms with Gasteiger partial charge in [-0.05, 0) is 48.6 Å². The first-order valence-electron chi connectivity index (χ1n) is 10.9. The Morgan fingerprint density at radius 2 is 1.97 bits per heavy atom. The Balaban J connectivity index is 1.48. The summed E-state index contributed by atoms with van der Waals surface area (Å²) >= 11 is 3.52. The highest BCUT2D eigenvalue weighted by Gasteiger charge is 2.33. The topological polar surface area (TPSA) is 68.2 Å². The van der Waals surface area contributed by atoms with Crippen LogP contribution in [0, 0.1) is 11.8 Å². The molecule has 1 fully saturated rings. The normalized spacial score (nSPS) is 24.1. The minimum Gasteiger partial charge on any atom is -0.507 e. The molecule has 0 aromatic heterocycles. The smallest absolute Gasteiger partial charge is 0.231 e. The monoisotopic (exact) mass is 499 g/mol. The van der Waals surface area contributed by atoms with E-state index in [0.717, 1.165) is 28.7 Å². The molecule has 3 aliphatic heterocycles. The van der Waals surface area contributed by atoms with Crippen molar-refractivity contribution < 1.29 is 24.1 Å². The summed E-state index contributed by atoms with van der Waals surface area (Å²) in [6.07, 6.45) is 2.92. The van der Waals surface area contributed by atoms with Gasteiger partial charge in [0.2, 0.25) is 5.78 Å². The molecular weight excluding hydrogens is 474 g/mol. The van der Waals surface area contributed by atoms with Gasteiger partial charge in [0.25, 0.3) is 0 Å². The van der Waals surface area contributed by atoms with Crippen LogP contribution >= 0.6 is 15.9 Å². The zero-order chi connectivity index (χ0) is 22.4. The molecule has 1 N–H and O–H groups in total. The maximum absolute atomic E-state index is 13.1. The minimum atomic E-state index is -0.192. The summed E-state index contributed by atoms with van der Waals surface area (Å²) < 4.78 is 18.0. The lowest BCUT2D eigenvalue weighted by molar-refractivity contribution is -0.0165. The van der Waals surface area contributed by atoms with E-state index in [2.05, 4.69) is 34.7 Å². The zero-order valence-corrected chi connectivity index (χ0v) is 19.8. The second-order valence-electron chi connectivity index (χ2n) is 9.11. The summed E-state index contributed by atoms with van der Waals surface area (Å²) in [5.41, 5.74) is 2.81. The van der Waals surface area contributed by atoms with Crippen molar-refractivity contribution in [2.45, 2.75) is 33.4 Å². The van der Waals surface area contributed by atoms with Crippen LogP contribution in [0.5, 0.6) is 17.2 Å². The van der Waals surface area contributed by atoms with Crippen LogP contribution in [0.2, 0.25) is 0 Å². The number of piperidine rings is 1. The van der Waals surface area contributed by atoms with E-state index in [0.29, 0.717) is 47.6 Å². The number of benzene rings is 2. The predicted octanol–water partition coefficient (Wildman–Crippen LogP) is 5.12. The number of carbonyl (C=O) groups excluding carboxylic acids is 1. The van der Waals surface area contributed by atoms with Gasteiger partial charge in [-0.25, -0.2) is 0 Å². The number of carbonyl (C=O) groups is 1. The fourth-order valence-electron chi connectivity index (χ4n) is 5.05. The zero-order valence-electron chi connectivity index (χ0n) is 18.2. The van der Waals surface area contributed by atoms with E-state index >= 15 is 0 Å². The first kappa shape index (κ1) is 21.5.